The molecule has 1 aromatic carbocycles. The first-order valence-electron chi connectivity index (χ1n) is 7.44. The molecule has 0 saturated carbocycles. The minimum Gasteiger partial charge on any atom is -0.466 e. The van der Waals surface area contributed by atoms with Crippen LogP contribution >= 0.6 is 23.1 Å². The molecule has 2 aromatic rings. The maximum atomic E-state index is 12.4. The Kier molecular flexibility index (Phi) is 6.33. The maximum absolute atomic E-state index is 12.4. The number of ketones is 1. The predicted molar refractivity (Wildman–Crippen MR) is 96.1 cm³/mol. The van der Waals surface area contributed by atoms with Crippen LogP contribution in [0.4, 0.5) is 5.69 Å². The summed E-state index contributed by atoms with van der Waals surface area (Å²) in [6.07, 6.45) is 0.0274. The Bertz CT molecular complexity index is 731. The number of ether oxygens (including phenoxy) is 1. The summed E-state index contributed by atoms with van der Waals surface area (Å²) in [5, 5.41) is 10.9. The van der Waals surface area contributed by atoms with Crippen molar-refractivity contribution in [2.24, 2.45) is 0 Å². The fourth-order valence-corrected chi connectivity index (χ4v) is 3.78. The van der Waals surface area contributed by atoms with Gasteiger partial charge in [0.25, 0.3) is 5.19 Å². The second-order valence-electron chi connectivity index (χ2n) is 5.35. The van der Waals surface area contributed by atoms with Crippen LogP contribution in [0.25, 0.3) is 0 Å². The van der Waals surface area contributed by atoms with Crippen molar-refractivity contribution in [2.45, 2.75) is 43.4 Å². The van der Waals surface area contributed by atoms with Crippen LogP contribution in [0.2, 0.25) is 0 Å². The highest BCUT2D eigenvalue weighted by Crippen LogP contribution is 2.31. The van der Waals surface area contributed by atoms with Crippen LogP contribution in [-0.4, -0.2) is 33.2 Å². The van der Waals surface area contributed by atoms with Gasteiger partial charge in [0.05, 0.1) is 17.0 Å². The number of nitrogens with zero attached hydrogens (tertiary/aromatic N) is 2. The van der Waals surface area contributed by atoms with E-state index in [0.29, 0.717) is 20.8 Å². The molecule has 24 heavy (non-hydrogen) atoms. The van der Waals surface area contributed by atoms with Crippen molar-refractivity contribution in [3.05, 3.63) is 29.8 Å². The van der Waals surface area contributed by atoms with Crippen molar-refractivity contribution in [1.82, 2.24) is 10.2 Å². The predicted octanol–water partition coefficient (Wildman–Crippen LogP) is 3.65. The Morgan fingerprint density at radius 2 is 1.92 bits per heavy atom. The number of para-hydroxylation sites is 1. The van der Waals surface area contributed by atoms with E-state index in [-0.39, 0.29) is 23.0 Å². The first-order chi connectivity index (χ1) is 11.4. The molecule has 0 bridgehead atoms. The number of aromatic nitrogens is 2. The van der Waals surface area contributed by atoms with Crippen molar-refractivity contribution in [2.75, 3.05) is 5.32 Å². The lowest BCUT2D eigenvalue weighted by molar-refractivity contribution is -0.115. The van der Waals surface area contributed by atoms with Gasteiger partial charge in [0, 0.05) is 5.56 Å². The molecule has 2 rings (SSSR count). The average molecular weight is 365 g/mol. The molecule has 0 aliphatic heterocycles. The number of rotatable bonds is 7. The summed E-state index contributed by atoms with van der Waals surface area (Å²) in [6.45, 7) is 7.08. The van der Waals surface area contributed by atoms with Crippen molar-refractivity contribution in [1.29, 1.82) is 0 Å². The lowest BCUT2D eigenvalue weighted by atomic mass is 10.1. The fraction of sp³-hybridized carbons (Fsp3) is 0.375. The van der Waals surface area contributed by atoms with E-state index >= 15 is 0 Å². The maximum Gasteiger partial charge on any atom is 0.295 e. The molecule has 6 nitrogen and oxygen atoms in total. The molecule has 1 aromatic heterocycles. The van der Waals surface area contributed by atoms with Gasteiger partial charge in [0.15, 0.2) is 10.1 Å². The van der Waals surface area contributed by atoms with E-state index < -0.39 is 0 Å². The first-order valence-corrected chi connectivity index (χ1v) is 9.14. The number of hydrogen-bond donors (Lipinski definition) is 1. The van der Waals surface area contributed by atoms with Crippen molar-refractivity contribution in [3.8, 4) is 5.19 Å². The minimum absolute atomic E-state index is 0.0274. The van der Waals surface area contributed by atoms with Crippen molar-refractivity contribution >= 4 is 40.5 Å². The van der Waals surface area contributed by atoms with Gasteiger partial charge >= 0.3 is 0 Å². The number of hydrogen-bond acceptors (Lipinski definition) is 7. The van der Waals surface area contributed by atoms with Crippen LogP contribution in [0, 0.1) is 0 Å². The molecular weight excluding hydrogens is 346 g/mol. The molecule has 1 N–H and O–H groups in total. The average Bonchev–Trinajstić information content (AvgIpc) is 2.93. The Morgan fingerprint density at radius 3 is 2.58 bits per heavy atom. The molecule has 1 amide bonds. The van der Waals surface area contributed by atoms with Crippen LogP contribution in [-0.2, 0) is 4.79 Å². The molecule has 8 heteroatoms. The molecular formula is C16H19N3O3S2. The van der Waals surface area contributed by atoms with Gasteiger partial charge in [0.1, 0.15) is 0 Å². The van der Waals surface area contributed by atoms with Crippen LogP contribution < -0.4 is 10.1 Å². The van der Waals surface area contributed by atoms with Crippen LogP contribution in [0.15, 0.2) is 28.6 Å². The molecule has 0 fully saturated rings. The van der Waals surface area contributed by atoms with Gasteiger partial charge < -0.3 is 10.1 Å². The Labute approximate surface area is 149 Å². The van der Waals surface area contributed by atoms with E-state index in [0.717, 1.165) is 0 Å². The normalized spacial score (nSPS) is 12.0. The van der Waals surface area contributed by atoms with Gasteiger partial charge in [-0.25, -0.2) is 0 Å². The van der Waals surface area contributed by atoms with Crippen LogP contribution in [0.1, 0.15) is 38.1 Å². The highest BCUT2D eigenvalue weighted by Gasteiger charge is 2.19. The Balaban J connectivity index is 2.00. The van der Waals surface area contributed by atoms with E-state index in [1.54, 1.807) is 31.2 Å². The monoisotopic (exact) mass is 365 g/mol. The van der Waals surface area contributed by atoms with Gasteiger partial charge in [-0.3, -0.25) is 9.59 Å². The zero-order chi connectivity index (χ0) is 17.7. The second kappa shape index (κ2) is 8.25. The Hall–Kier alpha value is -1.93. The molecule has 0 radical (unpaired) electrons. The first kappa shape index (κ1) is 18.4. The number of carbonyl (C=O) groups excluding carboxylic acids is 2. The SMILES string of the molecule is CC(=O)c1ccccc1NC(=O)C(C)Sc1nnc(OC(C)C)s1. The topological polar surface area (TPSA) is 81.2 Å². The summed E-state index contributed by atoms with van der Waals surface area (Å²) in [5.74, 6) is -0.291. The highest BCUT2D eigenvalue weighted by atomic mass is 32.2. The van der Waals surface area contributed by atoms with Crippen LogP contribution in [0.3, 0.4) is 0 Å². The summed E-state index contributed by atoms with van der Waals surface area (Å²) in [4.78, 5) is 24.0. The molecule has 1 unspecified atom stereocenters. The summed E-state index contributed by atoms with van der Waals surface area (Å²) in [6, 6.07) is 6.95. The lowest BCUT2D eigenvalue weighted by Gasteiger charge is -2.12. The number of nitrogens with one attached hydrogen (secondary N) is 1. The molecule has 0 aliphatic carbocycles. The number of benzene rings is 1. The zero-order valence-electron chi connectivity index (χ0n) is 13.9. The third-order valence-corrected chi connectivity index (χ3v) is 4.93. The molecule has 0 aliphatic rings. The van der Waals surface area contributed by atoms with E-state index in [1.807, 2.05) is 13.8 Å². The number of carbonyl (C=O) groups is 2. The van der Waals surface area contributed by atoms with Crippen molar-refractivity contribution < 1.29 is 14.3 Å². The summed E-state index contributed by atoms with van der Waals surface area (Å²) >= 11 is 2.61. The zero-order valence-corrected chi connectivity index (χ0v) is 15.5. The molecule has 0 saturated heterocycles. The number of amides is 1. The number of Topliss-reactive ketones (excluding diaryl/α,β-unsaturated/α-hetero) is 1. The van der Waals surface area contributed by atoms with Gasteiger partial charge in [-0.05, 0) is 51.2 Å². The minimum atomic E-state index is -0.384. The number of anilines is 1. The van der Waals surface area contributed by atoms with E-state index in [4.69, 9.17) is 4.74 Å². The largest absolute Gasteiger partial charge is 0.466 e. The van der Waals surface area contributed by atoms with Crippen LogP contribution in [0.5, 0.6) is 5.19 Å². The summed E-state index contributed by atoms with van der Waals surface area (Å²) in [5.41, 5.74) is 1.01. The molecule has 1 atom stereocenters. The van der Waals surface area contributed by atoms with Gasteiger partial charge in [-0.15, -0.1) is 5.10 Å². The molecule has 1 heterocycles. The van der Waals surface area contributed by atoms with E-state index in [9.17, 15) is 9.59 Å². The third-order valence-electron chi connectivity index (χ3n) is 2.94. The van der Waals surface area contributed by atoms with E-state index in [1.165, 1.54) is 30.0 Å². The summed E-state index contributed by atoms with van der Waals surface area (Å²) in [7, 11) is 0. The Morgan fingerprint density at radius 1 is 1.21 bits per heavy atom. The number of thioether (sulfide) groups is 1. The summed E-state index contributed by atoms with van der Waals surface area (Å²) < 4.78 is 6.13. The highest BCUT2D eigenvalue weighted by molar-refractivity contribution is 8.02. The van der Waals surface area contributed by atoms with Gasteiger partial charge in [-0.2, -0.15) is 0 Å². The van der Waals surface area contributed by atoms with Crippen molar-refractivity contribution in [3.63, 3.8) is 0 Å². The van der Waals surface area contributed by atoms with Gasteiger partial charge in [-0.1, -0.05) is 29.0 Å². The molecule has 0 spiro atoms. The standard InChI is InChI=1S/C16H19N3O3S2/c1-9(2)22-15-18-19-16(24-15)23-11(4)14(21)17-13-8-6-5-7-12(13)10(3)20/h5-9,11H,1-4H3,(H,17,21). The van der Waals surface area contributed by atoms with E-state index in [2.05, 4.69) is 15.5 Å². The molecule has 128 valence electrons. The lowest BCUT2D eigenvalue weighted by Crippen LogP contribution is -2.23. The quantitative estimate of drug-likeness (QED) is 0.596. The third kappa shape index (κ3) is 5.04. The van der Waals surface area contributed by atoms with Gasteiger partial charge in [0.2, 0.25) is 5.91 Å². The fourth-order valence-electron chi connectivity index (χ4n) is 1.83. The second-order valence-corrected chi connectivity index (χ2v) is 7.88. The smallest absolute Gasteiger partial charge is 0.295 e.